The van der Waals surface area contributed by atoms with E-state index in [2.05, 4.69) is 4.98 Å². The lowest BCUT2D eigenvalue weighted by Crippen LogP contribution is -2.25. The van der Waals surface area contributed by atoms with Gasteiger partial charge in [0.2, 0.25) is 0 Å². The number of methoxy groups -OCH3 is 1. The Hall–Kier alpha value is -1.81. The molecule has 19 heavy (non-hydrogen) atoms. The van der Waals surface area contributed by atoms with Crippen LogP contribution >= 0.6 is 0 Å². The van der Waals surface area contributed by atoms with Crippen molar-refractivity contribution in [3.05, 3.63) is 30.5 Å². The van der Waals surface area contributed by atoms with Gasteiger partial charge < -0.3 is 15.2 Å². The molecule has 0 aliphatic rings. The smallest absolute Gasteiger partial charge is 0.153 e. The lowest BCUT2D eigenvalue weighted by molar-refractivity contribution is 0.00563. The molecule has 0 radical (unpaired) electrons. The average molecular weight is 260 g/mol. The molecule has 0 fully saturated rings. The Morgan fingerprint density at radius 1 is 1.26 bits per heavy atom. The first kappa shape index (κ1) is 13.6. The van der Waals surface area contributed by atoms with Crippen molar-refractivity contribution in [3.8, 4) is 5.75 Å². The van der Waals surface area contributed by atoms with Gasteiger partial charge in [-0.05, 0) is 26.0 Å². The summed E-state index contributed by atoms with van der Waals surface area (Å²) in [5, 5.41) is 0.942. The van der Waals surface area contributed by atoms with Gasteiger partial charge in [0.1, 0.15) is 0 Å². The summed E-state index contributed by atoms with van der Waals surface area (Å²) in [5.74, 6) is 0.706. The molecule has 0 spiro atoms. The Balaban J connectivity index is 2.18. The van der Waals surface area contributed by atoms with E-state index in [1.165, 1.54) is 0 Å². The summed E-state index contributed by atoms with van der Waals surface area (Å²) >= 11 is 0. The van der Waals surface area contributed by atoms with Gasteiger partial charge in [-0.2, -0.15) is 0 Å². The van der Waals surface area contributed by atoms with Gasteiger partial charge in [0.05, 0.1) is 29.6 Å². The van der Waals surface area contributed by atoms with E-state index in [0.717, 1.165) is 17.3 Å². The normalized spacial score (nSPS) is 11.7. The summed E-state index contributed by atoms with van der Waals surface area (Å²) in [4.78, 5) is 4.28. The minimum atomic E-state index is -0.197. The number of aromatic nitrogens is 1. The van der Waals surface area contributed by atoms with Gasteiger partial charge in [-0.3, -0.25) is 4.98 Å². The highest BCUT2D eigenvalue weighted by Crippen LogP contribution is 2.30. The van der Waals surface area contributed by atoms with Gasteiger partial charge in [-0.15, -0.1) is 0 Å². The van der Waals surface area contributed by atoms with Crippen LogP contribution in [0, 0.1) is 0 Å². The molecule has 1 aromatic carbocycles. The van der Waals surface area contributed by atoms with Crippen molar-refractivity contribution in [2.75, 3.05) is 19.5 Å². The van der Waals surface area contributed by atoms with E-state index in [9.17, 15) is 0 Å². The second kappa shape index (κ2) is 5.45. The molecule has 4 nitrogen and oxygen atoms in total. The molecule has 0 amide bonds. The van der Waals surface area contributed by atoms with Gasteiger partial charge in [-0.25, -0.2) is 0 Å². The van der Waals surface area contributed by atoms with E-state index in [1.54, 1.807) is 13.3 Å². The lowest BCUT2D eigenvalue weighted by atomic mass is 10.1. The molecule has 2 rings (SSSR count). The van der Waals surface area contributed by atoms with E-state index in [-0.39, 0.29) is 5.60 Å². The summed E-state index contributed by atoms with van der Waals surface area (Å²) in [6.07, 6.45) is 2.43. The molecular formula is C15H20N2O2. The largest absolute Gasteiger partial charge is 0.491 e. The Morgan fingerprint density at radius 2 is 2.00 bits per heavy atom. The van der Waals surface area contributed by atoms with Crippen LogP contribution in [-0.2, 0) is 4.74 Å². The van der Waals surface area contributed by atoms with E-state index in [1.807, 2.05) is 38.1 Å². The number of para-hydroxylation sites is 1. The lowest BCUT2D eigenvalue weighted by Gasteiger charge is -2.23. The first-order chi connectivity index (χ1) is 9.03. The minimum absolute atomic E-state index is 0.197. The van der Waals surface area contributed by atoms with Crippen molar-refractivity contribution in [3.63, 3.8) is 0 Å². The molecule has 0 aliphatic heterocycles. The van der Waals surface area contributed by atoms with Crippen LogP contribution in [0.5, 0.6) is 5.75 Å². The number of benzene rings is 1. The topological polar surface area (TPSA) is 57.4 Å². The minimum Gasteiger partial charge on any atom is -0.491 e. The highest BCUT2D eigenvalue weighted by Gasteiger charge is 2.17. The van der Waals surface area contributed by atoms with E-state index < -0.39 is 0 Å². The maximum absolute atomic E-state index is 5.95. The molecule has 0 atom stereocenters. The van der Waals surface area contributed by atoms with Gasteiger partial charge in [0.15, 0.2) is 5.75 Å². The Morgan fingerprint density at radius 3 is 2.74 bits per heavy atom. The van der Waals surface area contributed by atoms with Crippen LogP contribution < -0.4 is 10.5 Å². The standard InChI is InChI=1S/C15H20N2O2/c1-15(2,18-3)8-9-19-14-11-6-4-5-7-13(11)17-10-12(14)16/h4-7,10H,8-9,16H2,1-3H3. The number of nitrogens with zero attached hydrogens (tertiary/aromatic N) is 1. The number of nitrogens with two attached hydrogens (primary N) is 1. The zero-order chi connectivity index (χ0) is 13.9. The van der Waals surface area contributed by atoms with Crippen molar-refractivity contribution >= 4 is 16.6 Å². The van der Waals surface area contributed by atoms with Gasteiger partial charge >= 0.3 is 0 Å². The Labute approximate surface area is 113 Å². The first-order valence-electron chi connectivity index (χ1n) is 6.35. The third-order valence-corrected chi connectivity index (χ3v) is 3.26. The maximum Gasteiger partial charge on any atom is 0.153 e. The average Bonchev–Trinajstić information content (AvgIpc) is 2.41. The molecule has 1 aromatic heterocycles. The molecule has 0 bridgehead atoms. The number of rotatable bonds is 5. The van der Waals surface area contributed by atoms with Crippen molar-refractivity contribution in [2.24, 2.45) is 0 Å². The molecule has 102 valence electrons. The van der Waals surface area contributed by atoms with Crippen molar-refractivity contribution in [1.82, 2.24) is 4.98 Å². The van der Waals surface area contributed by atoms with Crippen molar-refractivity contribution in [2.45, 2.75) is 25.9 Å². The molecule has 0 saturated carbocycles. The molecule has 4 heteroatoms. The van der Waals surface area contributed by atoms with Gasteiger partial charge in [-0.1, -0.05) is 12.1 Å². The first-order valence-corrected chi connectivity index (χ1v) is 6.35. The van der Waals surface area contributed by atoms with E-state index in [0.29, 0.717) is 18.0 Å². The van der Waals surface area contributed by atoms with Gasteiger partial charge in [0, 0.05) is 18.9 Å². The fourth-order valence-corrected chi connectivity index (χ4v) is 1.79. The number of ether oxygens (including phenoxy) is 2. The Kier molecular flexibility index (Phi) is 3.90. The quantitative estimate of drug-likeness (QED) is 0.897. The molecular weight excluding hydrogens is 240 g/mol. The zero-order valence-corrected chi connectivity index (χ0v) is 11.6. The predicted octanol–water partition coefficient (Wildman–Crippen LogP) is 3.01. The Bertz CT molecular complexity index is 567. The highest BCUT2D eigenvalue weighted by atomic mass is 16.5. The molecule has 0 aliphatic carbocycles. The van der Waals surface area contributed by atoms with Crippen LogP contribution in [0.2, 0.25) is 0 Å². The summed E-state index contributed by atoms with van der Waals surface area (Å²) in [7, 11) is 1.70. The fourth-order valence-electron chi connectivity index (χ4n) is 1.79. The second-order valence-electron chi connectivity index (χ2n) is 5.12. The van der Waals surface area contributed by atoms with Crippen molar-refractivity contribution in [1.29, 1.82) is 0 Å². The SMILES string of the molecule is COC(C)(C)CCOc1c(N)cnc2ccccc12. The molecule has 0 saturated heterocycles. The number of anilines is 1. The highest BCUT2D eigenvalue weighted by molar-refractivity contribution is 5.89. The molecule has 0 unspecified atom stereocenters. The van der Waals surface area contributed by atoms with Crippen LogP contribution in [0.25, 0.3) is 10.9 Å². The fraction of sp³-hybridized carbons (Fsp3) is 0.400. The number of hydrogen-bond acceptors (Lipinski definition) is 4. The summed E-state index contributed by atoms with van der Waals surface area (Å²) in [5.41, 5.74) is 7.20. The maximum atomic E-state index is 5.95. The van der Waals surface area contributed by atoms with Crippen LogP contribution in [0.15, 0.2) is 30.5 Å². The van der Waals surface area contributed by atoms with Crippen LogP contribution in [0.1, 0.15) is 20.3 Å². The third kappa shape index (κ3) is 3.15. The summed E-state index contributed by atoms with van der Waals surface area (Å²) in [6, 6.07) is 7.81. The van der Waals surface area contributed by atoms with E-state index in [4.69, 9.17) is 15.2 Å². The molecule has 1 heterocycles. The number of pyridine rings is 1. The van der Waals surface area contributed by atoms with Crippen LogP contribution in [0.4, 0.5) is 5.69 Å². The van der Waals surface area contributed by atoms with Crippen molar-refractivity contribution < 1.29 is 9.47 Å². The van der Waals surface area contributed by atoms with Gasteiger partial charge in [0.25, 0.3) is 0 Å². The summed E-state index contributed by atoms with van der Waals surface area (Å²) < 4.78 is 11.2. The third-order valence-electron chi connectivity index (χ3n) is 3.26. The number of fused-ring (bicyclic) bond motifs is 1. The number of hydrogen-bond donors (Lipinski definition) is 1. The van der Waals surface area contributed by atoms with Crippen LogP contribution in [-0.4, -0.2) is 24.3 Å². The molecule has 2 N–H and O–H groups in total. The zero-order valence-electron chi connectivity index (χ0n) is 11.6. The predicted molar refractivity (Wildman–Crippen MR) is 77.4 cm³/mol. The second-order valence-corrected chi connectivity index (χ2v) is 5.12. The number of nitrogen functional groups attached to an aromatic ring is 1. The van der Waals surface area contributed by atoms with Crippen LogP contribution in [0.3, 0.4) is 0 Å². The van der Waals surface area contributed by atoms with E-state index >= 15 is 0 Å². The monoisotopic (exact) mass is 260 g/mol. The molecule has 2 aromatic rings. The summed E-state index contributed by atoms with van der Waals surface area (Å²) in [6.45, 7) is 4.62.